The first kappa shape index (κ1) is 13.7. The number of hydrogen-bond acceptors (Lipinski definition) is 3. The Bertz CT molecular complexity index is 564. The molecule has 2 aromatic rings. The summed E-state index contributed by atoms with van der Waals surface area (Å²) >= 11 is 0. The summed E-state index contributed by atoms with van der Waals surface area (Å²) in [5, 5.41) is 0. The molecule has 0 unspecified atom stereocenters. The van der Waals surface area contributed by atoms with Crippen LogP contribution >= 0.6 is 0 Å². The first-order chi connectivity index (χ1) is 8.91. The molecule has 0 fully saturated rings. The summed E-state index contributed by atoms with van der Waals surface area (Å²) in [4.78, 5) is 4.27. The highest BCUT2D eigenvalue weighted by Gasteiger charge is 2.16. The highest BCUT2D eigenvalue weighted by molar-refractivity contribution is 5.59. The Morgan fingerprint density at radius 2 is 2.00 bits per heavy atom. The maximum Gasteiger partial charge on any atom is 0.305 e. The molecule has 19 heavy (non-hydrogen) atoms. The molecular formula is C16H21NO2. The predicted octanol–water partition coefficient (Wildman–Crippen LogP) is 4.35. The van der Waals surface area contributed by atoms with E-state index in [1.54, 1.807) is 6.20 Å². The van der Waals surface area contributed by atoms with E-state index in [2.05, 4.69) is 50.9 Å². The van der Waals surface area contributed by atoms with E-state index in [0.717, 1.165) is 11.1 Å². The Balaban J connectivity index is 2.35. The molecular weight excluding hydrogens is 238 g/mol. The van der Waals surface area contributed by atoms with E-state index in [1.807, 2.05) is 6.92 Å². The third kappa shape index (κ3) is 2.98. The minimum atomic E-state index is 0.149. The molecule has 2 rings (SSSR count). The van der Waals surface area contributed by atoms with Crippen molar-refractivity contribution in [3.8, 4) is 17.4 Å². The number of aromatic nitrogens is 1. The second kappa shape index (κ2) is 5.08. The molecule has 0 aliphatic carbocycles. The highest BCUT2D eigenvalue weighted by atomic mass is 16.6. The molecule has 3 heteroatoms. The molecule has 0 aliphatic rings. The molecule has 3 nitrogen and oxygen atoms in total. The van der Waals surface area contributed by atoms with E-state index >= 15 is 0 Å². The maximum atomic E-state index is 5.58. The summed E-state index contributed by atoms with van der Waals surface area (Å²) in [5.74, 6) is 1.08. The number of hydrogen-bond donors (Lipinski definition) is 0. The second-order valence-electron chi connectivity index (χ2n) is 5.70. The zero-order valence-corrected chi connectivity index (χ0v) is 12.3. The van der Waals surface area contributed by atoms with Gasteiger partial charge in [-0.05, 0) is 36.5 Å². The van der Waals surface area contributed by atoms with Gasteiger partial charge in [-0.15, -0.1) is 0 Å². The van der Waals surface area contributed by atoms with Gasteiger partial charge < -0.3 is 9.15 Å². The standard InChI is InChI=1S/C16H21NO2/c1-6-18-14-10-17-15(19-14)13-8-7-12(9-11(13)2)16(3,4)5/h7-10H,6H2,1-5H3. The van der Waals surface area contributed by atoms with Crippen molar-refractivity contribution in [2.24, 2.45) is 0 Å². The summed E-state index contributed by atoms with van der Waals surface area (Å²) in [6.45, 7) is 11.2. The molecule has 0 atom stereocenters. The van der Waals surface area contributed by atoms with Gasteiger partial charge in [-0.3, -0.25) is 0 Å². The first-order valence-corrected chi connectivity index (χ1v) is 6.62. The molecule has 1 aromatic heterocycles. The molecule has 102 valence electrons. The van der Waals surface area contributed by atoms with Crippen LogP contribution in [-0.2, 0) is 5.41 Å². The molecule has 0 N–H and O–H groups in total. The van der Waals surface area contributed by atoms with Crippen molar-refractivity contribution in [1.82, 2.24) is 4.98 Å². The van der Waals surface area contributed by atoms with Crippen molar-refractivity contribution in [3.05, 3.63) is 35.5 Å². The van der Waals surface area contributed by atoms with Gasteiger partial charge in [0.2, 0.25) is 5.89 Å². The fourth-order valence-electron chi connectivity index (χ4n) is 1.96. The van der Waals surface area contributed by atoms with Crippen LogP contribution in [0.5, 0.6) is 5.95 Å². The monoisotopic (exact) mass is 259 g/mol. The summed E-state index contributed by atoms with van der Waals surface area (Å²) in [6.07, 6.45) is 1.62. The number of aryl methyl sites for hydroxylation is 1. The number of oxazole rings is 1. The van der Waals surface area contributed by atoms with E-state index < -0.39 is 0 Å². The van der Waals surface area contributed by atoms with E-state index in [4.69, 9.17) is 9.15 Å². The smallest absolute Gasteiger partial charge is 0.305 e. The summed E-state index contributed by atoms with van der Waals surface area (Å²) in [5.41, 5.74) is 3.64. The van der Waals surface area contributed by atoms with Crippen LogP contribution in [0.25, 0.3) is 11.5 Å². The lowest BCUT2D eigenvalue weighted by atomic mass is 9.85. The lowest BCUT2D eigenvalue weighted by Crippen LogP contribution is -2.11. The number of benzene rings is 1. The zero-order chi connectivity index (χ0) is 14.0. The van der Waals surface area contributed by atoms with Gasteiger partial charge in [-0.25, -0.2) is 4.98 Å². The quantitative estimate of drug-likeness (QED) is 0.822. The Hall–Kier alpha value is -1.77. The maximum absolute atomic E-state index is 5.58. The van der Waals surface area contributed by atoms with Gasteiger partial charge in [-0.1, -0.05) is 32.9 Å². The van der Waals surface area contributed by atoms with Crippen molar-refractivity contribution in [3.63, 3.8) is 0 Å². The fourth-order valence-corrected chi connectivity index (χ4v) is 1.96. The molecule has 1 aromatic carbocycles. The van der Waals surface area contributed by atoms with Crippen LogP contribution in [0.15, 0.2) is 28.8 Å². The molecule has 0 radical (unpaired) electrons. The van der Waals surface area contributed by atoms with Gasteiger partial charge in [0.25, 0.3) is 0 Å². The Morgan fingerprint density at radius 3 is 2.58 bits per heavy atom. The number of ether oxygens (including phenoxy) is 1. The van der Waals surface area contributed by atoms with Gasteiger partial charge in [0.15, 0.2) is 0 Å². The molecule has 0 spiro atoms. The predicted molar refractivity (Wildman–Crippen MR) is 76.5 cm³/mol. The second-order valence-corrected chi connectivity index (χ2v) is 5.70. The van der Waals surface area contributed by atoms with Gasteiger partial charge in [0.1, 0.15) is 6.20 Å². The van der Waals surface area contributed by atoms with Crippen molar-refractivity contribution in [2.45, 2.75) is 40.0 Å². The fraction of sp³-hybridized carbons (Fsp3) is 0.438. The normalized spacial score (nSPS) is 11.6. The average molecular weight is 259 g/mol. The summed E-state index contributed by atoms with van der Waals surface area (Å²) in [6, 6.07) is 6.39. The molecule has 0 saturated carbocycles. The topological polar surface area (TPSA) is 35.3 Å². The van der Waals surface area contributed by atoms with Gasteiger partial charge in [0, 0.05) is 5.56 Å². The lowest BCUT2D eigenvalue weighted by molar-refractivity contribution is 0.260. The number of nitrogens with zero attached hydrogens (tertiary/aromatic N) is 1. The van der Waals surface area contributed by atoms with Crippen LogP contribution in [0.2, 0.25) is 0 Å². The van der Waals surface area contributed by atoms with Crippen LogP contribution in [0, 0.1) is 6.92 Å². The molecule has 0 amide bonds. The van der Waals surface area contributed by atoms with Crippen LogP contribution in [0.1, 0.15) is 38.8 Å². The highest BCUT2D eigenvalue weighted by Crippen LogP contribution is 2.30. The summed E-state index contributed by atoms with van der Waals surface area (Å²) in [7, 11) is 0. The average Bonchev–Trinajstić information content (AvgIpc) is 2.76. The van der Waals surface area contributed by atoms with Crippen LogP contribution in [0.4, 0.5) is 0 Å². The molecule has 0 saturated heterocycles. The Kier molecular flexibility index (Phi) is 3.65. The largest absolute Gasteiger partial charge is 0.464 e. The summed E-state index contributed by atoms with van der Waals surface area (Å²) < 4.78 is 10.9. The SMILES string of the molecule is CCOc1cnc(-c2ccc(C(C)(C)C)cc2C)o1. The Morgan fingerprint density at radius 1 is 1.26 bits per heavy atom. The Labute approximate surface area is 114 Å². The molecule has 1 heterocycles. The van der Waals surface area contributed by atoms with E-state index in [0.29, 0.717) is 18.4 Å². The van der Waals surface area contributed by atoms with E-state index in [-0.39, 0.29) is 5.41 Å². The zero-order valence-electron chi connectivity index (χ0n) is 12.3. The number of rotatable bonds is 3. The minimum Gasteiger partial charge on any atom is -0.464 e. The molecule has 0 aliphatic heterocycles. The van der Waals surface area contributed by atoms with E-state index in [9.17, 15) is 0 Å². The van der Waals surface area contributed by atoms with Crippen molar-refractivity contribution < 1.29 is 9.15 Å². The van der Waals surface area contributed by atoms with E-state index in [1.165, 1.54) is 5.56 Å². The van der Waals surface area contributed by atoms with Gasteiger partial charge >= 0.3 is 5.95 Å². The van der Waals surface area contributed by atoms with Crippen molar-refractivity contribution >= 4 is 0 Å². The van der Waals surface area contributed by atoms with Crippen LogP contribution in [-0.4, -0.2) is 11.6 Å². The third-order valence-electron chi connectivity index (χ3n) is 3.09. The van der Waals surface area contributed by atoms with Crippen molar-refractivity contribution in [2.75, 3.05) is 6.61 Å². The van der Waals surface area contributed by atoms with Gasteiger partial charge in [0.05, 0.1) is 6.61 Å². The van der Waals surface area contributed by atoms with Crippen LogP contribution in [0.3, 0.4) is 0 Å². The third-order valence-corrected chi connectivity index (χ3v) is 3.09. The van der Waals surface area contributed by atoms with Crippen LogP contribution < -0.4 is 4.74 Å². The van der Waals surface area contributed by atoms with Gasteiger partial charge in [-0.2, -0.15) is 0 Å². The van der Waals surface area contributed by atoms with Crippen molar-refractivity contribution in [1.29, 1.82) is 0 Å². The minimum absolute atomic E-state index is 0.149. The first-order valence-electron chi connectivity index (χ1n) is 6.62. The lowest BCUT2D eigenvalue weighted by Gasteiger charge is -2.20. The molecule has 0 bridgehead atoms.